The molecule has 0 aliphatic rings. The SMILES string of the molecule is CCOC(=O)C[C@H](C)[C@H](NC(=O)c1cccnc1)C(N)=O. The van der Waals surface area contributed by atoms with E-state index in [2.05, 4.69) is 10.3 Å². The summed E-state index contributed by atoms with van der Waals surface area (Å²) in [5.74, 6) is -2.08. The molecule has 3 N–H and O–H groups in total. The van der Waals surface area contributed by atoms with Crippen LogP contribution >= 0.6 is 0 Å². The van der Waals surface area contributed by atoms with E-state index < -0.39 is 29.7 Å². The van der Waals surface area contributed by atoms with Crippen LogP contribution in [0.1, 0.15) is 30.6 Å². The van der Waals surface area contributed by atoms with E-state index in [0.29, 0.717) is 5.56 Å². The zero-order chi connectivity index (χ0) is 15.8. The number of hydrogen-bond acceptors (Lipinski definition) is 5. The van der Waals surface area contributed by atoms with Crippen molar-refractivity contribution in [2.24, 2.45) is 11.7 Å². The minimum absolute atomic E-state index is 0.00519. The van der Waals surface area contributed by atoms with E-state index in [1.807, 2.05) is 0 Å². The molecule has 2 atom stereocenters. The molecule has 0 radical (unpaired) electrons. The van der Waals surface area contributed by atoms with E-state index in [4.69, 9.17) is 10.5 Å². The molecule has 1 rings (SSSR count). The molecule has 0 aromatic carbocycles. The number of esters is 1. The number of nitrogens with one attached hydrogen (secondary N) is 1. The van der Waals surface area contributed by atoms with E-state index in [9.17, 15) is 14.4 Å². The number of carbonyl (C=O) groups is 3. The van der Waals surface area contributed by atoms with Crippen molar-refractivity contribution in [1.82, 2.24) is 10.3 Å². The first-order valence-electron chi connectivity index (χ1n) is 6.61. The number of nitrogens with zero attached hydrogens (tertiary/aromatic N) is 1. The van der Waals surface area contributed by atoms with Gasteiger partial charge in [0.1, 0.15) is 6.04 Å². The molecule has 0 aliphatic heterocycles. The predicted octanol–water partition coefficient (Wildman–Crippen LogP) is 0.255. The Kier molecular flexibility index (Phi) is 6.32. The van der Waals surface area contributed by atoms with Crippen LogP contribution in [0.2, 0.25) is 0 Å². The number of rotatable bonds is 7. The molecule has 114 valence electrons. The number of aromatic nitrogens is 1. The maximum absolute atomic E-state index is 12.0. The molecule has 1 heterocycles. The van der Waals surface area contributed by atoms with Gasteiger partial charge in [0.25, 0.3) is 5.91 Å². The summed E-state index contributed by atoms with van der Waals surface area (Å²) in [7, 11) is 0. The van der Waals surface area contributed by atoms with Crippen LogP contribution < -0.4 is 11.1 Å². The van der Waals surface area contributed by atoms with Gasteiger partial charge in [-0.1, -0.05) is 6.92 Å². The molecule has 1 aromatic heterocycles. The summed E-state index contributed by atoms with van der Waals surface area (Å²) >= 11 is 0. The lowest BCUT2D eigenvalue weighted by atomic mass is 9.97. The molecule has 0 spiro atoms. The minimum Gasteiger partial charge on any atom is -0.466 e. The molecule has 21 heavy (non-hydrogen) atoms. The maximum Gasteiger partial charge on any atom is 0.306 e. The highest BCUT2D eigenvalue weighted by molar-refractivity contribution is 5.97. The van der Waals surface area contributed by atoms with Crippen LogP contribution in [0, 0.1) is 5.92 Å². The summed E-state index contributed by atoms with van der Waals surface area (Å²) in [6, 6.07) is 2.22. The number of nitrogens with two attached hydrogens (primary N) is 1. The van der Waals surface area contributed by atoms with Gasteiger partial charge in [-0.2, -0.15) is 0 Å². The number of pyridine rings is 1. The number of amides is 2. The van der Waals surface area contributed by atoms with Gasteiger partial charge in [-0.05, 0) is 25.0 Å². The van der Waals surface area contributed by atoms with Gasteiger partial charge in [-0.15, -0.1) is 0 Å². The zero-order valence-corrected chi connectivity index (χ0v) is 12.0. The second-order valence-electron chi connectivity index (χ2n) is 4.58. The quantitative estimate of drug-likeness (QED) is 0.700. The van der Waals surface area contributed by atoms with Gasteiger partial charge in [0.05, 0.1) is 18.6 Å². The molecule has 0 fully saturated rings. The van der Waals surface area contributed by atoms with Crippen LogP contribution in [-0.2, 0) is 14.3 Å². The third-order valence-electron chi connectivity index (χ3n) is 2.88. The minimum atomic E-state index is -0.956. The van der Waals surface area contributed by atoms with Crippen LogP contribution in [0.15, 0.2) is 24.5 Å². The van der Waals surface area contributed by atoms with Gasteiger partial charge in [0.2, 0.25) is 5.91 Å². The molecule has 0 bridgehead atoms. The van der Waals surface area contributed by atoms with Crippen LogP contribution in [-0.4, -0.2) is 35.4 Å². The molecular weight excluding hydrogens is 274 g/mol. The second kappa shape index (κ2) is 7.98. The summed E-state index contributed by atoms with van der Waals surface area (Å²) < 4.78 is 4.82. The van der Waals surface area contributed by atoms with Gasteiger partial charge >= 0.3 is 5.97 Å². The van der Waals surface area contributed by atoms with Crippen LogP contribution in [0.3, 0.4) is 0 Å². The summed E-state index contributed by atoms with van der Waals surface area (Å²) in [4.78, 5) is 38.8. The average molecular weight is 293 g/mol. The van der Waals surface area contributed by atoms with Crippen LogP contribution in [0.5, 0.6) is 0 Å². The first-order valence-corrected chi connectivity index (χ1v) is 6.61. The Morgan fingerprint density at radius 1 is 1.43 bits per heavy atom. The van der Waals surface area contributed by atoms with E-state index in [-0.39, 0.29) is 13.0 Å². The zero-order valence-electron chi connectivity index (χ0n) is 12.0. The Hall–Kier alpha value is -2.44. The van der Waals surface area contributed by atoms with Gasteiger partial charge in [-0.25, -0.2) is 0 Å². The van der Waals surface area contributed by atoms with Crippen molar-refractivity contribution in [3.63, 3.8) is 0 Å². The van der Waals surface area contributed by atoms with Gasteiger partial charge in [-0.3, -0.25) is 19.4 Å². The van der Waals surface area contributed by atoms with Crippen molar-refractivity contribution >= 4 is 17.8 Å². The summed E-state index contributed by atoms with van der Waals surface area (Å²) in [5.41, 5.74) is 5.60. The highest BCUT2D eigenvalue weighted by Crippen LogP contribution is 2.10. The fourth-order valence-corrected chi connectivity index (χ4v) is 1.82. The number of ether oxygens (including phenoxy) is 1. The van der Waals surface area contributed by atoms with Gasteiger partial charge in [0.15, 0.2) is 0 Å². The molecule has 0 saturated heterocycles. The van der Waals surface area contributed by atoms with Crippen molar-refractivity contribution in [3.05, 3.63) is 30.1 Å². The van der Waals surface area contributed by atoms with Crippen molar-refractivity contribution in [3.8, 4) is 0 Å². The Bertz CT molecular complexity index is 504. The molecule has 2 amide bonds. The van der Waals surface area contributed by atoms with E-state index in [1.165, 1.54) is 12.4 Å². The van der Waals surface area contributed by atoms with Gasteiger partial charge in [0, 0.05) is 12.4 Å². The fourth-order valence-electron chi connectivity index (χ4n) is 1.82. The average Bonchev–Trinajstić information content (AvgIpc) is 2.45. The molecule has 7 heteroatoms. The molecule has 0 aliphatic carbocycles. The smallest absolute Gasteiger partial charge is 0.306 e. The predicted molar refractivity (Wildman–Crippen MR) is 75.1 cm³/mol. The first kappa shape index (κ1) is 16.6. The normalized spacial score (nSPS) is 13.0. The first-order chi connectivity index (χ1) is 9.95. The van der Waals surface area contributed by atoms with Crippen molar-refractivity contribution in [2.45, 2.75) is 26.3 Å². The van der Waals surface area contributed by atoms with Crippen LogP contribution in [0.25, 0.3) is 0 Å². The van der Waals surface area contributed by atoms with Crippen molar-refractivity contribution in [1.29, 1.82) is 0 Å². The van der Waals surface area contributed by atoms with E-state index in [0.717, 1.165) is 0 Å². The maximum atomic E-state index is 12.0. The van der Waals surface area contributed by atoms with E-state index >= 15 is 0 Å². The van der Waals surface area contributed by atoms with Gasteiger partial charge < -0.3 is 15.8 Å². The highest BCUT2D eigenvalue weighted by Gasteiger charge is 2.27. The fraction of sp³-hybridized carbons (Fsp3) is 0.429. The third-order valence-corrected chi connectivity index (χ3v) is 2.88. The molecule has 7 nitrogen and oxygen atoms in total. The monoisotopic (exact) mass is 293 g/mol. The lowest BCUT2D eigenvalue weighted by Crippen LogP contribution is -2.49. The molecule has 0 saturated carbocycles. The standard InChI is InChI=1S/C14H19N3O4/c1-3-21-11(18)7-9(2)12(13(15)19)17-14(20)10-5-4-6-16-8-10/h4-6,8-9,12H,3,7H2,1-2H3,(H2,15,19)(H,17,20)/t9-,12-/m0/s1. The Morgan fingerprint density at radius 2 is 2.14 bits per heavy atom. The Morgan fingerprint density at radius 3 is 2.67 bits per heavy atom. The number of carbonyl (C=O) groups excluding carboxylic acids is 3. The molecule has 0 unspecified atom stereocenters. The van der Waals surface area contributed by atoms with Crippen molar-refractivity contribution < 1.29 is 19.1 Å². The largest absolute Gasteiger partial charge is 0.466 e. The molecule has 1 aromatic rings. The lowest BCUT2D eigenvalue weighted by molar-refractivity contribution is -0.144. The number of primary amides is 1. The van der Waals surface area contributed by atoms with Crippen LogP contribution in [0.4, 0.5) is 0 Å². The third kappa shape index (κ3) is 5.21. The van der Waals surface area contributed by atoms with Crippen molar-refractivity contribution in [2.75, 3.05) is 6.61 Å². The second-order valence-corrected chi connectivity index (χ2v) is 4.58. The lowest BCUT2D eigenvalue weighted by Gasteiger charge is -2.21. The summed E-state index contributed by atoms with van der Waals surface area (Å²) in [5, 5.41) is 2.52. The molecular formula is C14H19N3O4. The Balaban J connectivity index is 2.71. The van der Waals surface area contributed by atoms with E-state index in [1.54, 1.807) is 26.0 Å². The highest BCUT2D eigenvalue weighted by atomic mass is 16.5. The summed E-state index contributed by atoms with van der Waals surface area (Å²) in [6.45, 7) is 3.60. The Labute approximate surface area is 122 Å². The topological polar surface area (TPSA) is 111 Å². The number of hydrogen-bond donors (Lipinski definition) is 2. The summed E-state index contributed by atoms with van der Waals surface area (Å²) in [6.07, 6.45) is 2.91.